The number of hydrogen-bond donors (Lipinski definition) is 2. The molecule has 7 atom stereocenters. The van der Waals surface area contributed by atoms with Crippen LogP contribution < -0.4 is 5.32 Å². The third-order valence-corrected chi connectivity index (χ3v) is 8.55. The van der Waals surface area contributed by atoms with E-state index in [2.05, 4.69) is 31.6 Å². The van der Waals surface area contributed by atoms with Crippen molar-refractivity contribution in [3.63, 3.8) is 0 Å². The highest BCUT2D eigenvalue weighted by molar-refractivity contribution is 9.09. The number of carbonyl (C=O) groups is 3. The Labute approximate surface area is 223 Å². The number of para-hydroxylation sites is 1. The maximum atomic E-state index is 14.0. The summed E-state index contributed by atoms with van der Waals surface area (Å²) in [5.74, 6) is -2.82. The van der Waals surface area contributed by atoms with Crippen molar-refractivity contribution in [2.45, 2.75) is 68.9 Å². The lowest BCUT2D eigenvalue weighted by Gasteiger charge is -2.37. The number of carbonyl (C=O) groups excluding carboxylic acids is 3. The summed E-state index contributed by atoms with van der Waals surface area (Å²) in [6, 6.07) is 5.77. The highest BCUT2D eigenvalue weighted by Crippen LogP contribution is 2.60. The smallest absolute Gasteiger partial charge is 0.312 e. The Bertz CT molecular complexity index is 1210. The number of rotatable bonds is 9. The molecule has 3 saturated heterocycles. The van der Waals surface area contributed by atoms with Gasteiger partial charge >= 0.3 is 5.97 Å². The van der Waals surface area contributed by atoms with E-state index in [9.17, 15) is 19.5 Å². The summed E-state index contributed by atoms with van der Waals surface area (Å²) in [4.78, 5) is 42.2. The SMILES string of the molecule is CCOC(=O)[C@H]1[C@H]2C(=O)N([C@@H](CO)CC(C)C)C(C(=O)NCn3nnc4ccccc43)C23CC(Br)[C@@H]1O3. The van der Waals surface area contributed by atoms with Crippen LogP contribution in [0.25, 0.3) is 11.0 Å². The third-order valence-electron chi connectivity index (χ3n) is 7.71. The highest BCUT2D eigenvalue weighted by Gasteiger charge is 2.77. The zero-order valence-electron chi connectivity index (χ0n) is 21.0. The van der Waals surface area contributed by atoms with Crippen molar-refractivity contribution in [1.29, 1.82) is 0 Å². The molecule has 5 rings (SSSR count). The van der Waals surface area contributed by atoms with Gasteiger partial charge in [0.1, 0.15) is 23.8 Å². The number of nitrogens with one attached hydrogen (secondary N) is 1. The second-order valence-electron chi connectivity index (χ2n) is 10.4. The molecule has 3 aliphatic rings. The molecular weight excluding hydrogens is 546 g/mol. The summed E-state index contributed by atoms with van der Waals surface area (Å²) >= 11 is 3.63. The number of esters is 1. The molecule has 2 aromatic rings. The molecule has 3 aliphatic heterocycles. The maximum absolute atomic E-state index is 14.0. The quantitative estimate of drug-likeness (QED) is 0.335. The zero-order valence-corrected chi connectivity index (χ0v) is 22.6. The van der Waals surface area contributed by atoms with Crippen molar-refractivity contribution >= 4 is 44.7 Å². The molecule has 2 bridgehead atoms. The number of amides is 2. The lowest BCUT2D eigenvalue weighted by Crippen LogP contribution is -2.58. The van der Waals surface area contributed by atoms with Gasteiger partial charge in [-0.1, -0.05) is 47.1 Å². The van der Waals surface area contributed by atoms with Crippen LogP contribution >= 0.6 is 15.9 Å². The van der Waals surface area contributed by atoms with E-state index in [0.29, 0.717) is 18.4 Å². The van der Waals surface area contributed by atoms with Crippen molar-refractivity contribution in [3.05, 3.63) is 24.3 Å². The minimum Gasteiger partial charge on any atom is -0.466 e. The Balaban J connectivity index is 1.50. The first-order chi connectivity index (χ1) is 17.7. The molecule has 12 heteroatoms. The van der Waals surface area contributed by atoms with Crippen LogP contribution in [0.5, 0.6) is 0 Å². The van der Waals surface area contributed by atoms with Gasteiger partial charge in [-0.15, -0.1) is 5.10 Å². The number of hydrogen-bond acceptors (Lipinski definition) is 8. The van der Waals surface area contributed by atoms with Crippen molar-refractivity contribution < 1.29 is 29.0 Å². The molecule has 3 unspecified atom stereocenters. The van der Waals surface area contributed by atoms with Crippen LogP contribution in [0.4, 0.5) is 0 Å². The summed E-state index contributed by atoms with van der Waals surface area (Å²) in [6.07, 6.45) is 0.292. The minimum absolute atomic E-state index is 0.0368. The second kappa shape index (κ2) is 9.95. The van der Waals surface area contributed by atoms with Crippen LogP contribution in [0.3, 0.4) is 0 Å². The number of benzene rings is 1. The molecule has 1 spiro atoms. The second-order valence-corrected chi connectivity index (χ2v) is 11.6. The van der Waals surface area contributed by atoms with Gasteiger partial charge in [0.05, 0.1) is 42.7 Å². The fourth-order valence-electron chi connectivity index (χ4n) is 6.37. The summed E-state index contributed by atoms with van der Waals surface area (Å²) < 4.78 is 13.3. The fourth-order valence-corrected chi connectivity index (χ4v) is 7.31. The standard InChI is InChI=1S/C25H32BrN5O6/c1-4-36-24(35)18-19-23(34)31(14(11-32)9-13(2)3)21(25(19)10-15(26)20(18)37-25)22(33)27-12-30-17-8-6-5-7-16(17)28-29-30/h5-8,13-15,18-21,32H,4,9-12H2,1-3H3,(H,27,33)/t14-,15?,18+,19+,20+,21?,25?/m1/s1. The predicted molar refractivity (Wildman–Crippen MR) is 135 cm³/mol. The van der Waals surface area contributed by atoms with Gasteiger partial charge in [-0.05, 0) is 37.8 Å². The number of ether oxygens (including phenoxy) is 2. The number of nitrogens with zero attached hydrogens (tertiary/aromatic N) is 4. The fraction of sp³-hybridized carbons (Fsp3) is 0.640. The van der Waals surface area contributed by atoms with Crippen LogP contribution in [0.15, 0.2) is 24.3 Å². The van der Waals surface area contributed by atoms with Gasteiger partial charge < -0.3 is 24.8 Å². The Morgan fingerprint density at radius 1 is 1.35 bits per heavy atom. The molecule has 3 fully saturated rings. The molecule has 4 heterocycles. The van der Waals surface area contributed by atoms with Gasteiger partial charge in [-0.3, -0.25) is 14.4 Å². The summed E-state index contributed by atoms with van der Waals surface area (Å²) in [5, 5.41) is 21.5. The van der Waals surface area contributed by atoms with Gasteiger partial charge in [0.25, 0.3) is 0 Å². The topological polar surface area (TPSA) is 136 Å². The Kier molecular flexibility index (Phi) is 7.01. The Morgan fingerprint density at radius 2 is 2.11 bits per heavy atom. The van der Waals surface area contributed by atoms with Crippen molar-refractivity contribution in [1.82, 2.24) is 25.2 Å². The number of aliphatic hydroxyl groups excluding tert-OH is 1. The largest absolute Gasteiger partial charge is 0.466 e. The minimum atomic E-state index is -1.22. The summed E-state index contributed by atoms with van der Waals surface area (Å²) in [6.45, 7) is 5.60. The van der Waals surface area contributed by atoms with Gasteiger partial charge in [0.2, 0.25) is 11.8 Å². The van der Waals surface area contributed by atoms with Gasteiger partial charge in [-0.2, -0.15) is 0 Å². The monoisotopic (exact) mass is 577 g/mol. The van der Waals surface area contributed by atoms with E-state index in [1.54, 1.807) is 11.6 Å². The van der Waals surface area contributed by atoms with Gasteiger partial charge in [-0.25, -0.2) is 4.68 Å². The first-order valence-electron chi connectivity index (χ1n) is 12.7. The number of aliphatic hydroxyl groups is 1. The van der Waals surface area contributed by atoms with E-state index >= 15 is 0 Å². The number of halogens is 1. The van der Waals surface area contributed by atoms with E-state index in [0.717, 1.165) is 5.52 Å². The maximum Gasteiger partial charge on any atom is 0.312 e. The van der Waals surface area contributed by atoms with E-state index in [4.69, 9.17) is 9.47 Å². The van der Waals surface area contributed by atoms with E-state index in [1.165, 1.54) is 4.90 Å². The van der Waals surface area contributed by atoms with Crippen molar-refractivity contribution in [2.24, 2.45) is 17.8 Å². The van der Waals surface area contributed by atoms with Crippen LogP contribution in [0.1, 0.15) is 33.6 Å². The first-order valence-corrected chi connectivity index (χ1v) is 13.6. The lowest BCUT2D eigenvalue weighted by atomic mass is 9.70. The Morgan fingerprint density at radius 3 is 2.81 bits per heavy atom. The van der Waals surface area contributed by atoms with Crippen LogP contribution in [0, 0.1) is 17.8 Å². The van der Waals surface area contributed by atoms with E-state index in [-0.39, 0.29) is 36.5 Å². The van der Waals surface area contributed by atoms with Crippen molar-refractivity contribution in [2.75, 3.05) is 13.2 Å². The molecule has 2 amide bonds. The zero-order chi connectivity index (χ0) is 26.5. The summed E-state index contributed by atoms with van der Waals surface area (Å²) in [5.41, 5.74) is 0.237. The average Bonchev–Trinajstić information content (AvgIpc) is 3.58. The van der Waals surface area contributed by atoms with Crippen LogP contribution in [-0.4, -0.2) is 84.6 Å². The van der Waals surface area contributed by atoms with E-state index in [1.807, 2.05) is 38.1 Å². The first kappa shape index (κ1) is 26.1. The predicted octanol–water partition coefficient (Wildman–Crippen LogP) is 1.22. The molecule has 2 N–H and O–H groups in total. The molecular formula is C25H32BrN5O6. The van der Waals surface area contributed by atoms with Gasteiger partial charge in [0, 0.05) is 4.83 Å². The molecule has 200 valence electrons. The summed E-state index contributed by atoms with van der Waals surface area (Å²) in [7, 11) is 0. The van der Waals surface area contributed by atoms with Crippen LogP contribution in [0.2, 0.25) is 0 Å². The third kappa shape index (κ3) is 4.13. The molecule has 0 aliphatic carbocycles. The highest BCUT2D eigenvalue weighted by atomic mass is 79.9. The van der Waals surface area contributed by atoms with Crippen LogP contribution in [-0.2, 0) is 30.5 Å². The normalized spacial score (nSPS) is 31.2. The molecule has 11 nitrogen and oxygen atoms in total. The lowest BCUT2D eigenvalue weighted by molar-refractivity contribution is -0.155. The molecule has 1 aromatic heterocycles. The molecule has 0 saturated carbocycles. The number of alkyl halides is 1. The number of likely N-dealkylation sites (tertiary alicyclic amines) is 1. The molecule has 0 radical (unpaired) electrons. The van der Waals surface area contributed by atoms with Gasteiger partial charge in [0.15, 0.2) is 0 Å². The average molecular weight is 578 g/mol. The molecule has 1 aromatic carbocycles. The molecule has 37 heavy (non-hydrogen) atoms. The van der Waals surface area contributed by atoms with E-state index < -0.39 is 47.5 Å². The Hall–Kier alpha value is -2.57. The number of aromatic nitrogens is 3. The van der Waals surface area contributed by atoms with Crippen molar-refractivity contribution in [3.8, 4) is 0 Å². The number of fused-ring (bicyclic) bond motifs is 2.